The largest absolute Gasteiger partial charge is 0.312 e. The summed E-state index contributed by atoms with van der Waals surface area (Å²) < 4.78 is 0. The smallest absolute Gasteiger partial charge is 0.247 e. The molecule has 2 aromatic carbocycles. The molecule has 1 aliphatic heterocycles. The second-order valence-corrected chi connectivity index (χ2v) is 5.51. The van der Waals surface area contributed by atoms with Gasteiger partial charge in [-0.2, -0.15) is 0 Å². The van der Waals surface area contributed by atoms with Crippen molar-refractivity contribution in [1.29, 1.82) is 0 Å². The second kappa shape index (κ2) is 7.20. The summed E-state index contributed by atoms with van der Waals surface area (Å²) in [6.07, 6.45) is 1.39. The van der Waals surface area contributed by atoms with Crippen LogP contribution in [-0.2, 0) is 35.6 Å². The molecule has 0 radical (unpaired) electrons. The molecule has 0 aromatic heterocycles. The number of hydroxylamine groups is 1. The Morgan fingerprint density at radius 2 is 1.95 bits per heavy atom. The molecule has 0 saturated carbocycles. The third-order valence-corrected chi connectivity index (χ3v) is 3.79. The number of fused-ring (bicyclic) bond motifs is 1. The van der Waals surface area contributed by atoms with E-state index in [0.29, 0.717) is 13.0 Å². The molecule has 2 aromatic rings. The summed E-state index contributed by atoms with van der Waals surface area (Å²) in [5.74, 6) is -0.125. The zero-order valence-electron chi connectivity index (χ0n) is 12.5. The molecule has 114 valence electrons. The van der Waals surface area contributed by atoms with E-state index in [1.165, 1.54) is 11.1 Å². The Hall–Kier alpha value is -2.17. The molecule has 22 heavy (non-hydrogen) atoms. The minimum absolute atomic E-state index is 0.125. The summed E-state index contributed by atoms with van der Waals surface area (Å²) >= 11 is 0. The van der Waals surface area contributed by atoms with Gasteiger partial charge in [-0.15, -0.1) is 0 Å². The molecular weight excluding hydrogens is 276 g/mol. The first-order valence-corrected chi connectivity index (χ1v) is 7.57. The van der Waals surface area contributed by atoms with Crippen molar-refractivity contribution in [2.75, 3.05) is 6.54 Å². The van der Waals surface area contributed by atoms with Gasteiger partial charge < -0.3 is 5.32 Å². The average molecular weight is 296 g/mol. The molecule has 1 heterocycles. The maximum atomic E-state index is 11.9. The van der Waals surface area contributed by atoms with Crippen LogP contribution < -0.4 is 10.8 Å². The Bertz CT molecular complexity index is 641. The van der Waals surface area contributed by atoms with Crippen molar-refractivity contribution in [1.82, 2.24) is 10.8 Å². The highest BCUT2D eigenvalue weighted by atomic mass is 16.6. The average Bonchev–Trinajstić information content (AvgIpc) is 2.56. The Balaban J connectivity index is 1.49. The number of rotatable bonds is 5. The number of nitrogens with one attached hydrogen (secondary N) is 2. The molecule has 0 unspecified atom stereocenters. The minimum atomic E-state index is -0.125. The van der Waals surface area contributed by atoms with Crippen LogP contribution in [0.3, 0.4) is 0 Å². The lowest BCUT2D eigenvalue weighted by molar-refractivity contribution is -0.133. The van der Waals surface area contributed by atoms with Crippen LogP contribution in [0.1, 0.15) is 22.3 Å². The van der Waals surface area contributed by atoms with Gasteiger partial charge >= 0.3 is 0 Å². The first-order chi connectivity index (χ1) is 10.8. The summed E-state index contributed by atoms with van der Waals surface area (Å²) in [6, 6.07) is 16.0. The van der Waals surface area contributed by atoms with Crippen molar-refractivity contribution in [2.24, 2.45) is 0 Å². The molecule has 4 heteroatoms. The maximum Gasteiger partial charge on any atom is 0.247 e. The van der Waals surface area contributed by atoms with Gasteiger partial charge in [-0.25, -0.2) is 5.48 Å². The topological polar surface area (TPSA) is 50.4 Å². The van der Waals surface area contributed by atoms with E-state index < -0.39 is 0 Å². The van der Waals surface area contributed by atoms with Crippen LogP contribution in [-0.4, -0.2) is 12.5 Å². The highest BCUT2D eigenvalue weighted by Crippen LogP contribution is 2.16. The van der Waals surface area contributed by atoms with Crippen molar-refractivity contribution >= 4 is 5.91 Å². The van der Waals surface area contributed by atoms with Crippen LogP contribution in [0, 0.1) is 0 Å². The molecular formula is C18H20N2O2. The molecule has 0 bridgehead atoms. The van der Waals surface area contributed by atoms with E-state index in [2.05, 4.69) is 22.9 Å². The van der Waals surface area contributed by atoms with Gasteiger partial charge in [-0.1, -0.05) is 48.5 Å². The molecule has 2 N–H and O–H groups in total. The van der Waals surface area contributed by atoms with Gasteiger partial charge in [0.15, 0.2) is 0 Å². The maximum absolute atomic E-state index is 11.9. The Morgan fingerprint density at radius 1 is 1.09 bits per heavy atom. The zero-order chi connectivity index (χ0) is 15.2. The number of carbonyl (C=O) groups is 1. The molecule has 0 fully saturated rings. The third-order valence-electron chi connectivity index (χ3n) is 3.79. The second-order valence-electron chi connectivity index (χ2n) is 5.51. The number of amides is 1. The van der Waals surface area contributed by atoms with Gasteiger partial charge in [-0.3, -0.25) is 9.63 Å². The van der Waals surface area contributed by atoms with Crippen molar-refractivity contribution in [3.05, 3.63) is 70.8 Å². The van der Waals surface area contributed by atoms with Gasteiger partial charge in [0.05, 0.1) is 13.0 Å². The number of hydrogen-bond donors (Lipinski definition) is 2. The lowest BCUT2D eigenvalue weighted by atomic mass is 9.97. The van der Waals surface area contributed by atoms with Gasteiger partial charge in [0.25, 0.3) is 0 Å². The fourth-order valence-corrected chi connectivity index (χ4v) is 2.64. The van der Waals surface area contributed by atoms with E-state index in [-0.39, 0.29) is 5.91 Å². The monoisotopic (exact) mass is 296 g/mol. The van der Waals surface area contributed by atoms with Crippen LogP contribution >= 0.6 is 0 Å². The Kier molecular flexibility index (Phi) is 4.83. The molecule has 1 aliphatic rings. The first-order valence-electron chi connectivity index (χ1n) is 7.57. The first kappa shape index (κ1) is 14.8. The van der Waals surface area contributed by atoms with Gasteiger partial charge in [0.2, 0.25) is 5.91 Å². The standard InChI is InChI=1S/C18H20N2O2/c21-18(20-22-13-14-4-2-1-3-5-14)11-15-6-7-16-8-9-19-12-17(16)10-15/h1-7,10,19H,8-9,11-13H2,(H,20,21). The van der Waals surface area contributed by atoms with Crippen LogP contribution in [0.2, 0.25) is 0 Å². The molecule has 3 rings (SSSR count). The Labute approximate surface area is 130 Å². The highest BCUT2D eigenvalue weighted by molar-refractivity contribution is 5.77. The van der Waals surface area contributed by atoms with Crippen molar-refractivity contribution < 1.29 is 9.63 Å². The quantitative estimate of drug-likeness (QED) is 0.831. The Morgan fingerprint density at radius 3 is 2.82 bits per heavy atom. The van der Waals surface area contributed by atoms with Crippen molar-refractivity contribution in [2.45, 2.75) is 26.0 Å². The van der Waals surface area contributed by atoms with E-state index in [1.807, 2.05) is 36.4 Å². The normalized spacial score (nSPS) is 13.5. The lowest BCUT2D eigenvalue weighted by Crippen LogP contribution is -2.26. The lowest BCUT2D eigenvalue weighted by Gasteiger charge is -2.17. The third kappa shape index (κ3) is 3.93. The van der Waals surface area contributed by atoms with E-state index in [0.717, 1.165) is 30.6 Å². The van der Waals surface area contributed by atoms with Crippen LogP contribution in [0.5, 0.6) is 0 Å². The summed E-state index contributed by atoms with van der Waals surface area (Å²) in [6.45, 7) is 2.29. The van der Waals surface area contributed by atoms with Crippen molar-refractivity contribution in [3.8, 4) is 0 Å². The fraction of sp³-hybridized carbons (Fsp3) is 0.278. The van der Waals surface area contributed by atoms with E-state index in [9.17, 15) is 4.79 Å². The van der Waals surface area contributed by atoms with E-state index in [1.54, 1.807) is 0 Å². The number of benzene rings is 2. The summed E-state index contributed by atoms with van der Waals surface area (Å²) in [5.41, 5.74) is 7.22. The minimum Gasteiger partial charge on any atom is -0.312 e. The molecule has 1 amide bonds. The molecule has 0 atom stereocenters. The predicted octanol–water partition coefficient (Wildman–Crippen LogP) is 2.12. The van der Waals surface area contributed by atoms with Crippen LogP contribution in [0.25, 0.3) is 0 Å². The number of hydrogen-bond acceptors (Lipinski definition) is 3. The van der Waals surface area contributed by atoms with E-state index in [4.69, 9.17) is 4.84 Å². The molecule has 0 aliphatic carbocycles. The van der Waals surface area contributed by atoms with Gasteiger partial charge in [0, 0.05) is 6.54 Å². The van der Waals surface area contributed by atoms with Gasteiger partial charge in [0.1, 0.15) is 0 Å². The zero-order valence-corrected chi connectivity index (χ0v) is 12.5. The number of carbonyl (C=O) groups excluding carboxylic acids is 1. The fourth-order valence-electron chi connectivity index (χ4n) is 2.64. The highest BCUT2D eigenvalue weighted by Gasteiger charge is 2.10. The molecule has 0 spiro atoms. The van der Waals surface area contributed by atoms with E-state index >= 15 is 0 Å². The predicted molar refractivity (Wildman–Crippen MR) is 84.9 cm³/mol. The van der Waals surface area contributed by atoms with Gasteiger partial charge in [-0.05, 0) is 35.2 Å². The van der Waals surface area contributed by atoms with Crippen molar-refractivity contribution in [3.63, 3.8) is 0 Å². The molecule has 0 saturated heterocycles. The summed E-state index contributed by atoms with van der Waals surface area (Å²) in [5, 5.41) is 3.35. The summed E-state index contributed by atoms with van der Waals surface area (Å²) in [7, 11) is 0. The SMILES string of the molecule is O=C(Cc1ccc2c(c1)CNCC2)NOCc1ccccc1. The van der Waals surface area contributed by atoms with Crippen LogP contribution in [0.15, 0.2) is 48.5 Å². The summed E-state index contributed by atoms with van der Waals surface area (Å²) in [4.78, 5) is 17.2. The van der Waals surface area contributed by atoms with Crippen LogP contribution in [0.4, 0.5) is 0 Å². The molecule has 4 nitrogen and oxygen atoms in total.